The Kier molecular flexibility index (Phi) is 5.76. The number of benzene rings is 1. The summed E-state index contributed by atoms with van der Waals surface area (Å²) in [6.07, 6.45) is 2.28. The molecule has 148 valence electrons. The minimum Gasteiger partial charge on any atom is -0.503 e. The second-order valence-electron chi connectivity index (χ2n) is 5.91. The minimum absolute atomic E-state index is 0.00751. The van der Waals surface area contributed by atoms with Crippen LogP contribution >= 0.6 is 0 Å². The van der Waals surface area contributed by atoms with Crippen molar-refractivity contribution in [3.05, 3.63) is 48.0 Å². The predicted octanol–water partition coefficient (Wildman–Crippen LogP) is 2.57. The molecule has 1 aromatic carbocycles. The molecular weight excluding hydrogens is 368 g/mol. The molecule has 1 aliphatic heterocycles. The van der Waals surface area contributed by atoms with Crippen LogP contribution in [0.15, 0.2) is 36.9 Å². The number of rotatable bonds is 7. The number of carboxylic acids is 1. The quantitative estimate of drug-likeness (QED) is 0.565. The van der Waals surface area contributed by atoms with Gasteiger partial charge in [-0.15, -0.1) is 0 Å². The number of aliphatic carboxylic acids is 1. The minimum atomic E-state index is -1.24. The summed E-state index contributed by atoms with van der Waals surface area (Å²) < 4.78 is 27.3. The fraction of sp³-hybridized carbons (Fsp3) is 0.316. The van der Waals surface area contributed by atoms with Crippen molar-refractivity contribution in [3.63, 3.8) is 0 Å². The molecule has 1 saturated heterocycles. The Morgan fingerprint density at radius 1 is 1.21 bits per heavy atom. The molecule has 0 unspecified atom stereocenters. The molecule has 0 saturated carbocycles. The second-order valence-corrected chi connectivity index (χ2v) is 5.91. The topological polar surface area (TPSA) is 109 Å². The Labute approximate surface area is 161 Å². The number of nitrogens with zero attached hydrogens (tertiary/aromatic N) is 2. The number of aromatic nitrogens is 2. The van der Waals surface area contributed by atoms with Gasteiger partial charge in [0.15, 0.2) is 5.79 Å². The second kappa shape index (κ2) is 8.24. The third kappa shape index (κ3) is 3.90. The largest absolute Gasteiger partial charge is 0.503 e. The zero-order valence-electron chi connectivity index (χ0n) is 15.7. The highest BCUT2D eigenvalue weighted by molar-refractivity contribution is 6.16. The number of hydrogen-bond donors (Lipinski definition) is 1. The molecule has 1 N–H and O–H groups in total. The van der Waals surface area contributed by atoms with Gasteiger partial charge in [-0.2, -0.15) is 0 Å². The number of carboxylic acid groups (broad SMARTS) is 1. The van der Waals surface area contributed by atoms with Crippen molar-refractivity contribution in [2.75, 3.05) is 27.4 Å². The van der Waals surface area contributed by atoms with E-state index in [9.17, 15) is 9.90 Å². The third-order valence-corrected chi connectivity index (χ3v) is 4.12. The van der Waals surface area contributed by atoms with E-state index in [-0.39, 0.29) is 22.9 Å². The van der Waals surface area contributed by atoms with Crippen LogP contribution < -0.4 is 9.47 Å². The molecule has 3 rings (SSSR count). The lowest BCUT2D eigenvalue weighted by molar-refractivity contribution is -0.149. The number of hydrogen-bond acceptors (Lipinski definition) is 8. The van der Waals surface area contributed by atoms with Crippen LogP contribution in [0.4, 0.5) is 0 Å². The number of methoxy groups -OCH3 is 2. The summed E-state index contributed by atoms with van der Waals surface area (Å²) in [5, 5.41) is 9.54. The van der Waals surface area contributed by atoms with Crippen molar-refractivity contribution in [1.29, 1.82) is 0 Å². The SMILES string of the molecule is COC=C(C(=O)O)c1c(OC)ncnc1Oc1cccc(C2(C)OCCO2)c1. The lowest BCUT2D eigenvalue weighted by atomic mass is 10.1. The summed E-state index contributed by atoms with van der Waals surface area (Å²) in [5.74, 6) is -1.64. The van der Waals surface area contributed by atoms with Crippen molar-refractivity contribution < 1.29 is 33.6 Å². The Morgan fingerprint density at radius 3 is 2.57 bits per heavy atom. The van der Waals surface area contributed by atoms with Crippen molar-refractivity contribution >= 4 is 11.5 Å². The summed E-state index contributed by atoms with van der Waals surface area (Å²) >= 11 is 0. The van der Waals surface area contributed by atoms with Crippen molar-refractivity contribution in [2.45, 2.75) is 12.7 Å². The van der Waals surface area contributed by atoms with Crippen LogP contribution in [0.3, 0.4) is 0 Å². The molecule has 2 heterocycles. The molecule has 9 nitrogen and oxygen atoms in total. The van der Waals surface area contributed by atoms with E-state index in [2.05, 4.69) is 9.97 Å². The van der Waals surface area contributed by atoms with Crippen LogP contribution in [-0.2, 0) is 24.8 Å². The molecule has 1 fully saturated rings. The lowest BCUT2D eigenvalue weighted by Crippen LogP contribution is -2.22. The smallest absolute Gasteiger partial charge is 0.339 e. The molecule has 0 spiro atoms. The van der Waals surface area contributed by atoms with E-state index >= 15 is 0 Å². The van der Waals surface area contributed by atoms with Gasteiger partial charge < -0.3 is 28.8 Å². The molecule has 0 aliphatic carbocycles. The molecule has 0 radical (unpaired) electrons. The van der Waals surface area contributed by atoms with E-state index in [1.807, 2.05) is 13.0 Å². The Hall–Kier alpha value is -3.17. The maximum absolute atomic E-state index is 11.7. The van der Waals surface area contributed by atoms with Crippen LogP contribution in [0.1, 0.15) is 18.1 Å². The lowest BCUT2D eigenvalue weighted by Gasteiger charge is -2.23. The molecule has 1 aliphatic rings. The average molecular weight is 388 g/mol. The van der Waals surface area contributed by atoms with Crippen molar-refractivity contribution in [2.24, 2.45) is 0 Å². The Balaban J connectivity index is 2.01. The molecular formula is C19H20N2O7. The summed E-state index contributed by atoms with van der Waals surface area (Å²) in [4.78, 5) is 19.7. The van der Waals surface area contributed by atoms with Crippen LogP contribution in [0.25, 0.3) is 5.57 Å². The molecule has 2 aromatic rings. The van der Waals surface area contributed by atoms with Gasteiger partial charge in [-0.3, -0.25) is 0 Å². The zero-order valence-corrected chi connectivity index (χ0v) is 15.7. The Bertz CT molecular complexity index is 892. The molecule has 0 amide bonds. The van der Waals surface area contributed by atoms with Gasteiger partial charge in [-0.1, -0.05) is 12.1 Å². The molecule has 0 atom stereocenters. The predicted molar refractivity (Wildman–Crippen MR) is 97.0 cm³/mol. The summed E-state index contributed by atoms with van der Waals surface area (Å²) in [6, 6.07) is 7.08. The highest BCUT2D eigenvalue weighted by Gasteiger charge is 2.33. The number of carbonyl (C=O) groups is 1. The summed E-state index contributed by atoms with van der Waals surface area (Å²) in [7, 11) is 2.71. The van der Waals surface area contributed by atoms with Gasteiger partial charge in [-0.05, 0) is 19.1 Å². The van der Waals surface area contributed by atoms with E-state index in [4.69, 9.17) is 23.7 Å². The van der Waals surface area contributed by atoms with E-state index < -0.39 is 11.8 Å². The zero-order chi connectivity index (χ0) is 20.1. The first-order valence-corrected chi connectivity index (χ1v) is 8.40. The monoisotopic (exact) mass is 388 g/mol. The van der Waals surface area contributed by atoms with Gasteiger partial charge >= 0.3 is 5.97 Å². The standard InChI is InChI=1S/C19H20N2O7/c1-19(26-7-8-27-19)12-5-4-6-13(9-12)28-17-15(14(10-24-2)18(22)23)16(25-3)20-11-21-17/h4-6,9-11H,7-8H2,1-3H3,(H,22,23). The molecule has 9 heteroatoms. The van der Waals surface area contributed by atoms with Gasteiger partial charge in [0.05, 0.1) is 33.7 Å². The fourth-order valence-corrected chi connectivity index (χ4v) is 2.79. The summed E-state index contributed by atoms with van der Waals surface area (Å²) in [6.45, 7) is 2.82. The van der Waals surface area contributed by atoms with Gasteiger partial charge in [0.1, 0.15) is 23.2 Å². The van der Waals surface area contributed by atoms with Crippen molar-refractivity contribution in [1.82, 2.24) is 9.97 Å². The van der Waals surface area contributed by atoms with E-state index in [1.54, 1.807) is 18.2 Å². The van der Waals surface area contributed by atoms with Crippen LogP contribution in [0, 0.1) is 0 Å². The van der Waals surface area contributed by atoms with Gasteiger partial charge in [0.2, 0.25) is 11.8 Å². The maximum atomic E-state index is 11.7. The Morgan fingerprint density at radius 2 is 1.93 bits per heavy atom. The highest BCUT2D eigenvalue weighted by Crippen LogP contribution is 2.37. The number of ether oxygens (including phenoxy) is 5. The fourth-order valence-electron chi connectivity index (χ4n) is 2.79. The van der Waals surface area contributed by atoms with Gasteiger partial charge in [-0.25, -0.2) is 14.8 Å². The van der Waals surface area contributed by atoms with Crippen LogP contribution in [0.2, 0.25) is 0 Å². The average Bonchev–Trinajstić information content (AvgIpc) is 3.14. The molecule has 28 heavy (non-hydrogen) atoms. The molecule has 1 aromatic heterocycles. The third-order valence-electron chi connectivity index (χ3n) is 4.12. The first-order chi connectivity index (χ1) is 13.5. The maximum Gasteiger partial charge on any atom is 0.339 e. The van der Waals surface area contributed by atoms with E-state index in [1.165, 1.54) is 20.5 Å². The van der Waals surface area contributed by atoms with Crippen molar-refractivity contribution in [3.8, 4) is 17.5 Å². The normalized spacial score (nSPS) is 15.9. The van der Waals surface area contributed by atoms with Gasteiger partial charge in [0.25, 0.3) is 0 Å². The first-order valence-electron chi connectivity index (χ1n) is 8.40. The van der Waals surface area contributed by atoms with E-state index in [0.717, 1.165) is 11.8 Å². The van der Waals surface area contributed by atoms with E-state index in [0.29, 0.717) is 19.0 Å². The van der Waals surface area contributed by atoms with Gasteiger partial charge in [0, 0.05) is 5.56 Å². The van der Waals surface area contributed by atoms with Crippen LogP contribution in [0.5, 0.6) is 17.5 Å². The molecule has 0 bridgehead atoms. The highest BCUT2D eigenvalue weighted by atomic mass is 16.7. The summed E-state index contributed by atoms with van der Waals surface area (Å²) in [5.41, 5.74) is 0.612. The first kappa shape index (κ1) is 19.6. The van der Waals surface area contributed by atoms with Crippen LogP contribution in [-0.4, -0.2) is 48.5 Å².